The van der Waals surface area contributed by atoms with Gasteiger partial charge in [0.15, 0.2) is 9.84 Å². The molecule has 2 aromatic rings. The number of carbonyl (C=O) groups excluding carboxylic acids is 1. The molecule has 0 bridgehead atoms. The Labute approximate surface area is 148 Å². The zero-order valence-corrected chi connectivity index (χ0v) is 15.6. The Hall–Kier alpha value is -2.34. The van der Waals surface area contributed by atoms with Crippen LogP contribution < -0.4 is 10.1 Å². The van der Waals surface area contributed by atoms with Crippen LogP contribution in [0.2, 0.25) is 0 Å². The van der Waals surface area contributed by atoms with Gasteiger partial charge in [-0.2, -0.15) is 0 Å². The molecule has 0 aromatic heterocycles. The normalized spacial score (nSPS) is 11.6. The van der Waals surface area contributed by atoms with Crippen LogP contribution in [0.5, 0.6) is 5.75 Å². The zero-order valence-electron chi connectivity index (χ0n) is 14.8. The molecule has 134 valence electrons. The zero-order chi connectivity index (χ0) is 18.6. The van der Waals surface area contributed by atoms with E-state index in [1.165, 1.54) is 24.3 Å². The van der Waals surface area contributed by atoms with Crippen LogP contribution in [0.3, 0.4) is 0 Å². The number of anilines is 1. The molecule has 2 aromatic carbocycles. The summed E-state index contributed by atoms with van der Waals surface area (Å²) in [5, 5.41) is 2.27. The minimum Gasteiger partial charge on any atom is -0.491 e. The average Bonchev–Trinajstić information content (AvgIpc) is 2.56. The summed E-state index contributed by atoms with van der Waals surface area (Å²) < 4.78 is 29.8. The van der Waals surface area contributed by atoms with Gasteiger partial charge in [-0.05, 0) is 76.2 Å². The van der Waals surface area contributed by atoms with E-state index >= 15 is 0 Å². The lowest BCUT2D eigenvalue weighted by Gasteiger charge is -2.11. The molecule has 0 unspecified atom stereocenters. The van der Waals surface area contributed by atoms with Crippen LogP contribution in [0.25, 0.3) is 0 Å². The van der Waals surface area contributed by atoms with Crippen LogP contribution in [0, 0.1) is 0 Å². The monoisotopic (exact) mass is 361 g/mol. The van der Waals surface area contributed by atoms with Crippen LogP contribution in [0.4, 0.5) is 5.69 Å². The van der Waals surface area contributed by atoms with Gasteiger partial charge >= 0.3 is 0 Å². The standard InChI is InChI=1S/C19H23NO4S/c1-13(2)24-17-9-7-16(8-10-17)20-19(21)15-5-11-18(12-6-15)25(22,23)14(3)4/h5-14H,1-4H3,(H,20,21). The van der Waals surface area contributed by atoms with Crippen molar-refractivity contribution in [1.29, 1.82) is 0 Å². The molecule has 0 saturated heterocycles. The second-order valence-corrected chi connectivity index (χ2v) is 8.77. The number of hydrogen-bond donors (Lipinski definition) is 1. The van der Waals surface area contributed by atoms with Crippen LogP contribution in [0.15, 0.2) is 53.4 Å². The molecule has 0 spiro atoms. The van der Waals surface area contributed by atoms with Crippen molar-refractivity contribution in [3.63, 3.8) is 0 Å². The van der Waals surface area contributed by atoms with Crippen LogP contribution >= 0.6 is 0 Å². The third-order valence-corrected chi connectivity index (χ3v) is 5.72. The Morgan fingerprint density at radius 1 is 0.920 bits per heavy atom. The van der Waals surface area contributed by atoms with Gasteiger partial charge < -0.3 is 10.1 Å². The smallest absolute Gasteiger partial charge is 0.255 e. The Kier molecular flexibility index (Phi) is 5.85. The molecule has 1 amide bonds. The fourth-order valence-electron chi connectivity index (χ4n) is 2.16. The molecule has 1 N–H and O–H groups in total. The second kappa shape index (κ2) is 7.70. The minimum absolute atomic E-state index is 0.0843. The maximum absolute atomic E-state index is 12.3. The lowest BCUT2D eigenvalue weighted by Crippen LogP contribution is -2.15. The predicted octanol–water partition coefficient (Wildman–Crippen LogP) is 3.91. The van der Waals surface area contributed by atoms with Crippen molar-refractivity contribution < 1.29 is 17.9 Å². The molecule has 0 fully saturated rings. The number of carbonyl (C=O) groups is 1. The first-order chi connectivity index (χ1) is 11.7. The van der Waals surface area contributed by atoms with Crippen molar-refractivity contribution in [2.75, 3.05) is 5.32 Å². The van der Waals surface area contributed by atoms with Crippen molar-refractivity contribution in [3.8, 4) is 5.75 Å². The summed E-state index contributed by atoms with van der Waals surface area (Å²) in [4.78, 5) is 12.5. The van der Waals surface area contributed by atoms with Crippen molar-refractivity contribution in [2.24, 2.45) is 0 Å². The summed E-state index contributed by atoms with van der Waals surface area (Å²) in [7, 11) is -3.34. The van der Waals surface area contributed by atoms with E-state index in [0.29, 0.717) is 11.3 Å². The van der Waals surface area contributed by atoms with E-state index in [1.807, 2.05) is 13.8 Å². The van der Waals surface area contributed by atoms with Crippen LogP contribution in [-0.4, -0.2) is 25.7 Å². The summed E-state index contributed by atoms with van der Waals surface area (Å²) in [6, 6.07) is 13.0. The highest BCUT2D eigenvalue weighted by Gasteiger charge is 2.19. The van der Waals surface area contributed by atoms with Gasteiger partial charge in [-0.15, -0.1) is 0 Å². The topological polar surface area (TPSA) is 72.5 Å². The molecule has 0 aliphatic heterocycles. The Bertz CT molecular complexity index is 823. The summed E-state index contributed by atoms with van der Waals surface area (Å²) in [6.07, 6.45) is 0.0843. The number of nitrogens with one attached hydrogen (secondary N) is 1. The van der Waals surface area contributed by atoms with E-state index in [9.17, 15) is 13.2 Å². The average molecular weight is 361 g/mol. The van der Waals surface area contributed by atoms with E-state index in [-0.39, 0.29) is 16.9 Å². The maximum Gasteiger partial charge on any atom is 0.255 e. The van der Waals surface area contributed by atoms with Gasteiger partial charge in [0, 0.05) is 11.3 Å². The molecule has 0 aliphatic carbocycles. The molecule has 0 atom stereocenters. The van der Waals surface area contributed by atoms with Gasteiger partial charge in [0.1, 0.15) is 5.75 Å². The third-order valence-electron chi connectivity index (χ3n) is 3.55. The van der Waals surface area contributed by atoms with Gasteiger partial charge in [0.05, 0.1) is 16.2 Å². The Balaban J connectivity index is 2.08. The molecular formula is C19H23NO4S. The van der Waals surface area contributed by atoms with Crippen LogP contribution in [0.1, 0.15) is 38.1 Å². The van der Waals surface area contributed by atoms with E-state index < -0.39 is 15.1 Å². The molecule has 5 nitrogen and oxygen atoms in total. The molecule has 0 aliphatic rings. The summed E-state index contributed by atoms with van der Waals surface area (Å²) >= 11 is 0. The highest BCUT2D eigenvalue weighted by atomic mass is 32.2. The quantitative estimate of drug-likeness (QED) is 0.847. The first-order valence-electron chi connectivity index (χ1n) is 8.12. The molecule has 6 heteroatoms. The molecular weight excluding hydrogens is 338 g/mol. The molecule has 0 radical (unpaired) electrons. The van der Waals surface area contributed by atoms with Gasteiger partial charge in [-0.25, -0.2) is 8.42 Å². The largest absolute Gasteiger partial charge is 0.491 e. The fourth-order valence-corrected chi connectivity index (χ4v) is 3.22. The van der Waals surface area contributed by atoms with E-state index in [0.717, 1.165) is 5.75 Å². The van der Waals surface area contributed by atoms with Crippen molar-refractivity contribution in [3.05, 3.63) is 54.1 Å². The SMILES string of the molecule is CC(C)Oc1ccc(NC(=O)c2ccc(S(=O)(=O)C(C)C)cc2)cc1. The highest BCUT2D eigenvalue weighted by molar-refractivity contribution is 7.92. The van der Waals surface area contributed by atoms with E-state index in [2.05, 4.69) is 5.32 Å². The number of sulfone groups is 1. The summed E-state index contributed by atoms with van der Waals surface area (Å²) in [5.74, 6) is 0.433. The van der Waals surface area contributed by atoms with Gasteiger partial charge in [-0.1, -0.05) is 0 Å². The predicted molar refractivity (Wildman–Crippen MR) is 98.9 cm³/mol. The summed E-state index contributed by atoms with van der Waals surface area (Å²) in [5.41, 5.74) is 1.03. The highest BCUT2D eigenvalue weighted by Crippen LogP contribution is 2.19. The third kappa shape index (κ3) is 4.82. The second-order valence-electron chi connectivity index (χ2n) is 6.26. The fraction of sp³-hybridized carbons (Fsp3) is 0.316. The maximum atomic E-state index is 12.3. The molecule has 2 rings (SSSR count). The van der Waals surface area contributed by atoms with Crippen molar-refractivity contribution >= 4 is 21.4 Å². The van der Waals surface area contributed by atoms with Crippen LogP contribution in [-0.2, 0) is 9.84 Å². The van der Waals surface area contributed by atoms with Crippen molar-refractivity contribution in [2.45, 2.75) is 43.9 Å². The lowest BCUT2D eigenvalue weighted by atomic mass is 10.2. The lowest BCUT2D eigenvalue weighted by molar-refractivity contribution is 0.102. The number of ether oxygens (including phenoxy) is 1. The van der Waals surface area contributed by atoms with E-state index in [4.69, 9.17) is 4.74 Å². The van der Waals surface area contributed by atoms with Gasteiger partial charge in [-0.3, -0.25) is 4.79 Å². The minimum atomic E-state index is -3.34. The molecule has 0 saturated carbocycles. The number of benzene rings is 2. The number of hydrogen-bond acceptors (Lipinski definition) is 4. The van der Waals surface area contributed by atoms with Gasteiger partial charge in [0.2, 0.25) is 0 Å². The Morgan fingerprint density at radius 2 is 1.48 bits per heavy atom. The first kappa shape index (κ1) is 19.0. The van der Waals surface area contributed by atoms with Gasteiger partial charge in [0.25, 0.3) is 5.91 Å². The number of rotatable bonds is 6. The number of amides is 1. The molecule has 25 heavy (non-hydrogen) atoms. The Morgan fingerprint density at radius 3 is 1.96 bits per heavy atom. The van der Waals surface area contributed by atoms with E-state index in [1.54, 1.807) is 38.1 Å². The first-order valence-corrected chi connectivity index (χ1v) is 9.67. The molecule has 0 heterocycles. The van der Waals surface area contributed by atoms with Crippen molar-refractivity contribution in [1.82, 2.24) is 0 Å². The summed E-state index contributed by atoms with van der Waals surface area (Å²) in [6.45, 7) is 7.14.